The van der Waals surface area contributed by atoms with Crippen LogP contribution in [-0.2, 0) is 12.8 Å². The van der Waals surface area contributed by atoms with Crippen LogP contribution in [0.25, 0.3) is 60.7 Å². The standard InChI is InChI=1S/C32H19N3/c1-2-7-20-18(6-1)14-24-21(20)11-12-22-23-17-26-27(16-19(23)15-25(22)24)32-34-28-8-3-4-9-29(28)35(32)30-10-5-13-33-31(26)30/h1-13,16-17H,14-15H2. The van der Waals surface area contributed by atoms with Gasteiger partial charge >= 0.3 is 0 Å². The minimum atomic E-state index is 0.977. The highest BCUT2D eigenvalue weighted by molar-refractivity contribution is 6.14. The van der Waals surface area contributed by atoms with E-state index < -0.39 is 0 Å². The van der Waals surface area contributed by atoms with Gasteiger partial charge in [0.15, 0.2) is 0 Å². The highest BCUT2D eigenvalue weighted by Gasteiger charge is 2.28. The second kappa shape index (κ2) is 6.13. The molecular weight excluding hydrogens is 426 g/mol. The van der Waals surface area contributed by atoms with Crippen molar-refractivity contribution in [3.63, 3.8) is 0 Å². The number of para-hydroxylation sites is 2. The van der Waals surface area contributed by atoms with Crippen LogP contribution in [-0.4, -0.2) is 14.4 Å². The summed E-state index contributed by atoms with van der Waals surface area (Å²) in [4.78, 5) is 9.95. The van der Waals surface area contributed by atoms with Gasteiger partial charge < -0.3 is 0 Å². The quantitative estimate of drug-likeness (QED) is 0.229. The molecule has 3 nitrogen and oxygen atoms in total. The number of fused-ring (bicyclic) bond motifs is 15. The fourth-order valence-electron chi connectivity index (χ4n) is 6.58. The van der Waals surface area contributed by atoms with Crippen LogP contribution in [0.2, 0.25) is 0 Å². The summed E-state index contributed by atoms with van der Waals surface area (Å²) in [7, 11) is 0. The lowest BCUT2D eigenvalue weighted by Gasteiger charge is -2.11. The van der Waals surface area contributed by atoms with E-state index in [9.17, 15) is 0 Å². The molecule has 0 atom stereocenters. The van der Waals surface area contributed by atoms with Crippen molar-refractivity contribution in [3.05, 3.63) is 113 Å². The normalized spacial score (nSPS) is 13.5. The Kier molecular flexibility index (Phi) is 3.14. The number of hydrogen-bond acceptors (Lipinski definition) is 2. The average Bonchev–Trinajstić information content (AvgIpc) is 3.59. The molecule has 3 heteroatoms. The molecule has 0 spiro atoms. The third-order valence-electron chi connectivity index (χ3n) is 8.09. The molecular formula is C32H19N3. The van der Waals surface area contributed by atoms with Crippen LogP contribution in [0.3, 0.4) is 0 Å². The van der Waals surface area contributed by atoms with E-state index in [-0.39, 0.29) is 0 Å². The van der Waals surface area contributed by atoms with E-state index in [1.54, 1.807) is 0 Å². The minimum absolute atomic E-state index is 0.977. The number of benzene rings is 4. The molecule has 0 fully saturated rings. The van der Waals surface area contributed by atoms with Gasteiger partial charge in [-0.1, -0.05) is 48.5 Å². The lowest BCUT2D eigenvalue weighted by atomic mass is 9.96. The van der Waals surface area contributed by atoms with Crippen molar-refractivity contribution < 1.29 is 0 Å². The molecule has 0 bridgehead atoms. The van der Waals surface area contributed by atoms with Crippen molar-refractivity contribution in [2.24, 2.45) is 0 Å². The van der Waals surface area contributed by atoms with Crippen LogP contribution in [0, 0.1) is 0 Å². The Balaban J connectivity index is 1.38. The number of nitrogens with zero attached hydrogens (tertiary/aromatic N) is 3. The monoisotopic (exact) mass is 445 g/mol. The summed E-state index contributed by atoms with van der Waals surface area (Å²) in [5.41, 5.74) is 16.6. The summed E-state index contributed by atoms with van der Waals surface area (Å²) in [5.74, 6) is 0. The summed E-state index contributed by atoms with van der Waals surface area (Å²) in [6, 6.07) is 30.9. The first-order valence-electron chi connectivity index (χ1n) is 12.2. The highest BCUT2D eigenvalue weighted by Crippen LogP contribution is 2.48. The van der Waals surface area contributed by atoms with E-state index in [0.29, 0.717) is 0 Å². The fourth-order valence-corrected chi connectivity index (χ4v) is 6.58. The predicted octanol–water partition coefficient (Wildman–Crippen LogP) is 7.33. The van der Waals surface area contributed by atoms with Gasteiger partial charge in [0.2, 0.25) is 0 Å². The zero-order valence-electron chi connectivity index (χ0n) is 18.9. The maximum Gasteiger partial charge on any atom is 0.146 e. The van der Waals surface area contributed by atoms with E-state index in [1.165, 1.54) is 55.3 Å². The SMILES string of the molecule is c1ccc2c(c1)Cc1c-2ccc2c1Cc1cc3c(cc1-2)c1ncccc1n1c2ccccc2nc31. The highest BCUT2D eigenvalue weighted by atomic mass is 15.0. The largest absolute Gasteiger partial charge is 0.290 e. The zero-order valence-corrected chi connectivity index (χ0v) is 18.9. The molecule has 3 aromatic heterocycles. The lowest BCUT2D eigenvalue weighted by Crippen LogP contribution is -1.94. The van der Waals surface area contributed by atoms with Gasteiger partial charge in [0.05, 0.1) is 22.1 Å². The van der Waals surface area contributed by atoms with Gasteiger partial charge in [-0.2, -0.15) is 0 Å². The van der Waals surface area contributed by atoms with Gasteiger partial charge in [-0.25, -0.2) is 4.98 Å². The second-order valence-electron chi connectivity index (χ2n) is 9.81. The molecule has 162 valence electrons. The van der Waals surface area contributed by atoms with Crippen molar-refractivity contribution in [3.8, 4) is 22.3 Å². The van der Waals surface area contributed by atoms with Crippen LogP contribution >= 0.6 is 0 Å². The molecule has 0 N–H and O–H groups in total. The van der Waals surface area contributed by atoms with Crippen molar-refractivity contribution in [2.45, 2.75) is 12.8 Å². The molecule has 4 aromatic carbocycles. The molecule has 2 aliphatic carbocycles. The predicted molar refractivity (Wildman–Crippen MR) is 142 cm³/mol. The third kappa shape index (κ3) is 2.17. The Labute approximate surface area is 201 Å². The van der Waals surface area contributed by atoms with Crippen molar-refractivity contribution in [1.82, 2.24) is 14.4 Å². The molecule has 0 saturated heterocycles. The van der Waals surface area contributed by atoms with E-state index in [0.717, 1.165) is 40.6 Å². The van der Waals surface area contributed by atoms with Crippen molar-refractivity contribution >= 4 is 38.5 Å². The third-order valence-corrected chi connectivity index (χ3v) is 8.09. The summed E-state index contributed by atoms with van der Waals surface area (Å²) in [6.07, 6.45) is 3.91. The zero-order chi connectivity index (χ0) is 22.7. The van der Waals surface area contributed by atoms with Gasteiger partial charge in [-0.15, -0.1) is 0 Å². The maximum absolute atomic E-state index is 5.09. The van der Waals surface area contributed by atoms with Gasteiger partial charge in [-0.05, 0) is 93.7 Å². The molecule has 0 saturated carbocycles. The minimum Gasteiger partial charge on any atom is -0.290 e. The molecule has 0 unspecified atom stereocenters. The first-order chi connectivity index (χ1) is 17.3. The summed E-state index contributed by atoms with van der Waals surface area (Å²) < 4.78 is 2.28. The number of pyridine rings is 2. The maximum atomic E-state index is 5.09. The molecule has 2 aliphatic rings. The summed E-state index contributed by atoms with van der Waals surface area (Å²) in [5, 5.41) is 2.36. The van der Waals surface area contributed by atoms with E-state index >= 15 is 0 Å². The van der Waals surface area contributed by atoms with Gasteiger partial charge in [0, 0.05) is 17.0 Å². The topological polar surface area (TPSA) is 30.2 Å². The summed E-state index contributed by atoms with van der Waals surface area (Å²) >= 11 is 0. The number of aromatic nitrogens is 3. The van der Waals surface area contributed by atoms with Crippen LogP contribution < -0.4 is 0 Å². The van der Waals surface area contributed by atoms with Crippen LogP contribution in [0.5, 0.6) is 0 Å². The smallest absolute Gasteiger partial charge is 0.146 e. The molecule has 0 amide bonds. The average molecular weight is 446 g/mol. The number of rotatable bonds is 0. The van der Waals surface area contributed by atoms with Crippen molar-refractivity contribution in [2.75, 3.05) is 0 Å². The Bertz CT molecular complexity index is 2060. The van der Waals surface area contributed by atoms with Crippen LogP contribution in [0.15, 0.2) is 91.1 Å². The fraction of sp³-hybridized carbons (Fsp3) is 0.0625. The lowest BCUT2D eigenvalue weighted by molar-refractivity contribution is 1.16. The Morgan fingerprint density at radius 2 is 1.37 bits per heavy atom. The Hall–Kier alpha value is -4.50. The molecule has 9 rings (SSSR count). The Morgan fingerprint density at radius 1 is 0.600 bits per heavy atom. The van der Waals surface area contributed by atoms with E-state index in [4.69, 9.17) is 9.97 Å². The first-order valence-corrected chi connectivity index (χ1v) is 12.2. The van der Waals surface area contributed by atoms with E-state index in [1.807, 2.05) is 12.3 Å². The van der Waals surface area contributed by atoms with Gasteiger partial charge in [0.1, 0.15) is 5.65 Å². The van der Waals surface area contributed by atoms with Crippen molar-refractivity contribution in [1.29, 1.82) is 0 Å². The summed E-state index contributed by atoms with van der Waals surface area (Å²) in [6.45, 7) is 0. The Morgan fingerprint density at radius 3 is 2.31 bits per heavy atom. The van der Waals surface area contributed by atoms with Gasteiger partial charge in [0.25, 0.3) is 0 Å². The second-order valence-corrected chi connectivity index (χ2v) is 9.81. The van der Waals surface area contributed by atoms with Crippen LogP contribution in [0.1, 0.15) is 22.3 Å². The van der Waals surface area contributed by atoms with Crippen LogP contribution in [0.4, 0.5) is 0 Å². The number of imidazole rings is 1. The first kappa shape index (κ1) is 17.9. The number of hydrogen-bond donors (Lipinski definition) is 0. The molecule has 0 aliphatic heterocycles. The van der Waals surface area contributed by atoms with Gasteiger partial charge in [-0.3, -0.25) is 9.38 Å². The molecule has 7 aromatic rings. The molecule has 35 heavy (non-hydrogen) atoms. The molecule has 3 heterocycles. The molecule has 0 radical (unpaired) electrons. The van der Waals surface area contributed by atoms with E-state index in [2.05, 4.69) is 83.3 Å².